The van der Waals surface area contributed by atoms with Crippen molar-refractivity contribution in [2.45, 2.75) is 0 Å². The number of thiazole rings is 1. The summed E-state index contributed by atoms with van der Waals surface area (Å²) in [4.78, 5) is 24.3. The fourth-order valence-corrected chi connectivity index (χ4v) is 3.83. The van der Waals surface area contributed by atoms with Crippen molar-refractivity contribution in [3.63, 3.8) is 0 Å². The van der Waals surface area contributed by atoms with E-state index in [0.29, 0.717) is 0 Å². The number of pyridine rings is 1. The minimum atomic E-state index is 0.0518. The zero-order chi connectivity index (χ0) is 17.1. The number of benzene rings is 1. The molecule has 1 saturated heterocycles. The summed E-state index contributed by atoms with van der Waals surface area (Å²) in [5.41, 5.74) is 0.979. The first-order valence-electron chi connectivity index (χ1n) is 8.34. The topological polar surface area (TPSA) is 50.6 Å². The highest BCUT2D eigenvalue weighted by Crippen LogP contribution is 2.22. The monoisotopic (exact) mass is 351 g/mol. The highest BCUT2D eigenvalue weighted by molar-refractivity contribution is 7.19. The lowest BCUT2D eigenvalue weighted by Crippen LogP contribution is -2.49. The van der Waals surface area contributed by atoms with Gasteiger partial charge in [-0.1, -0.05) is 18.2 Å². The highest BCUT2D eigenvalue weighted by atomic mass is 32.1. The SMILES string of the molecule is O=C(/C=C/c1nc2ccccc2s1)N1CCN(c2cccc[nH+]2)CC1. The molecule has 25 heavy (non-hydrogen) atoms. The second-order valence-electron chi connectivity index (χ2n) is 5.91. The third-order valence-corrected chi connectivity index (χ3v) is 5.31. The first-order chi connectivity index (χ1) is 12.3. The number of hydrogen-bond acceptors (Lipinski definition) is 4. The van der Waals surface area contributed by atoms with Crippen LogP contribution in [0.15, 0.2) is 54.7 Å². The Morgan fingerprint density at radius 1 is 1.08 bits per heavy atom. The first-order valence-corrected chi connectivity index (χ1v) is 9.15. The van der Waals surface area contributed by atoms with E-state index in [1.165, 1.54) is 0 Å². The Kier molecular flexibility index (Phi) is 4.43. The predicted molar refractivity (Wildman–Crippen MR) is 100 cm³/mol. The van der Waals surface area contributed by atoms with Crippen molar-refractivity contribution in [1.82, 2.24) is 9.88 Å². The molecule has 4 rings (SSSR count). The number of aromatic nitrogens is 2. The van der Waals surface area contributed by atoms with E-state index >= 15 is 0 Å². The van der Waals surface area contributed by atoms with Crippen LogP contribution in [0.3, 0.4) is 0 Å². The molecule has 126 valence electrons. The number of piperazine rings is 1. The van der Waals surface area contributed by atoms with Crippen LogP contribution < -0.4 is 9.88 Å². The van der Waals surface area contributed by atoms with Gasteiger partial charge in [0.25, 0.3) is 5.82 Å². The molecule has 0 radical (unpaired) electrons. The average molecular weight is 351 g/mol. The molecule has 3 aromatic rings. The fraction of sp³-hybridized carbons (Fsp3) is 0.211. The standard InChI is InChI=1S/C19H18N4OS/c24-19(9-8-18-21-15-5-1-2-6-16(15)25-18)23-13-11-22(12-14-23)17-7-3-4-10-20-17/h1-10H,11-14H2/p+1/b9-8+. The molecule has 0 atom stereocenters. The molecule has 0 saturated carbocycles. The summed E-state index contributed by atoms with van der Waals surface area (Å²) in [6.45, 7) is 3.12. The number of carbonyl (C=O) groups excluding carboxylic acids is 1. The summed E-state index contributed by atoms with van der Waals surface area (Å²) in [5.74, 6) is 1.15. The van der Waals surface area contributed by atoms with Gasteiger partial charge in [-0.15, -0.1) is 11.3 Å². The van der Waals surface area contributed by atoms with Crippen LogP contribution in [0.4, 0.5) is 5.82 Å². The Hall–Kier alpha value is -2.73. The summed E-state index contributed by atoms with van der Waals surface area (Å²) < 4.78 is 1.14. The summed E-state index contributed by atoms with van der Waals surface area (Å²) in [7, 11) is 0. The summed E-state index contributed by atoms with van der Waals surface area (Å²) >= 11 is 1.60. The van der Waals surface area contributed by atoms with Crippen LogP contribution in [0.25, 0.3) is 16.3 Å². The lowest BCUT2D eigenvalue weighted by Gasteiger charge is -2.30. The lowest BCUT2D eigenvalue weighted by molar-refractivity contribution is -0.364. The molecule has 1 fully saturated rings. The van der Waals surface area contributed by atoms with E-state index in [9.17, 15) is 4.79 Å². The zero-order valence-corrected chi connectivity index (χ0v) is 14.6. The largest absolute Gasteiger partial charge is 0.331 e. The van der Waals surface area contributed by atoms with Gasteiger partial charge in [-0.05, 0) is 24.3 Å². The van der Waals surface area contributed by atoms with Crippen LogP contribution in [0.2, 0.25) is 0 Å². The van der Waals surface area contributed by atoms with E-state index < -0.39 is 0 Å². The number of anilines is 1. The van der Waals surface area contributed by atoms with Crippen molar-refractivity contribution in [2.24, 2.45) is 0 Å². The molecule has 1 aromatic carbocycles. The molecule has 1 amide bonds. The van der Waals surface area contributed by atoms with Crippen LogP contribution in [0.1, 0.15) is 5.01 Å². The third kappa shape index (κ3) is 3.53. The number of nitrogens with one attached hydrogen (secondary N) is 1. The quantitative estimate of drug-likeness (QED) is 0.681. The molecule has 0 aliphatic carbocycles. The van der Waals surface area contributed by atoms with Crippen molar-refractivity contribution in [3.05, 3.63) is 59.7 Å². The average Bonchev–Trinajstić information content (AvgIpc) is 3.10. The van der Waals surface area contributed by atoms with Gasteiger partial charge >= 0.3 is 0 Å². The number of H-pyrrole nitrogens is 1. The zero-order valence-electron chi connectivity index (χ0n) is 13.8. The highest BCUT2D eigenvalue weighted by Gasteiger charge is 2.24. The smallest absolute Gasteiger partial charge is 0.274 e. The van der Waals surface area contributed by atoms with Gasteiger partial charge < -0.3 is 4.90 Å². The Labute approximate surface area is 150 Å². The van der Waals surface area contributed by atoms with Crippen LogP contribution in [-0.2, 0) is 4.79 Å². The van der Waals surface area contributed by atoms with Gasteiger partial charge in [0.05, 0.1) is 29.5 Å². The minimum absolute atomic E-state index is 0.0518. The maximum atomic E-state index is 12.4. The summed E-state index contributed by atoms with van der Waals surface area (Å²) in [6.07, 6.45) is 5.39. The number of carbonyl (C=O) groups is 1. The maximum absolute atomic E-state index is 12.4. The molecular weight excluding hydrogens is 332 g/mol. The van der Waals surface area contributed by atoms with Crippen molar-refractivity contribution in [1.29, 1.82) is 0 Å². The molecule has 5 nitrogen and oxygen atoms in total. The van der Waals surface area contributed by atoms with Gasteiger partial charge in [0.1, 0.15) is 18.1 Å². The van der Waals surface area contributed by atoms with Crippen molar-refractivity contribution >= 4 is 39.4 Å². The molecule has 1 aliphatic heterocycles. The Bertz CT molecular complexity index is 865. The van der Waals surface area contributed by atoms with Gasteiger partial charge in [-0.2, -0.15) is 0 Å². The second-order valence-corrected chi connectivity index (χ2v) is 6.98. The van der Waals surface area contributed by atoms with Crippen LogP contribution >= 0.6 is 11.3 Å². The predicted octanol–water partition coefficient (Wildman–Crippen LogP) is 2.47. The minimum Gasteiger partial charge on any atom is -0.331 e. The van der Waals surface area contributed by atoms with E-state index in [1.54, 1.807) is 17.4 Å². The first kappa shape index (κ1) is 15.8. The van der Waals surface area contributed by atoms with E-state index in [0.717, 1.165) is 47.2 Å². The Morgan fingerprint density at radius 3 is 2.64 bits per heavy atom. The molecule has 2 aromatic heterocycles. The van der Waals surface area contributed by atoms with E-state index in [1.807, 2.05) is 53.6 Å². The number of nitrogens with zero attached hydrogens (tertiary/aromatic N) is 3. The lowest BCUT2D eigenvalue weighted by atomic mass is 10.3. The molecule has 0 bridgehead atoms. The Morgan fingerprint density at radius 2 is 1.88 bits per heavy atom. The number of para-hydroxylation sites is 1. The Balaban J connectivity index is 1.37. The van der Waals surface area contributed by atoms with Crippen molar-refractivity contribution < 1.29 is 9.78 Å². The van der Waals surface area contributed by atoms with E-state index in [-0.39, 0.29) is 5.91 Å². The fourth-order valence-electron chi connectivity index (χ4n) is 2.96. The molecule has 0 spiro atoms. The normalized spacial score (nSPS) is 15.2. The molecule has 1 aliphatic rings. The van der Waals surface area contributed by atoms with Gasteiger partial charge in [-0.3, -0.25) is 9.69 Å². The molecular formula is C19H19N4OS+. The van der Waals surface area contributed by atoms with E-state index in [2.05, 4.69) is 20.9 Å². The van der Waals surface area contributed by atoms with Crippen LogP contribution in [0, 0.1) is 0 Å². The molecule has 6 heteroatoms. The summed E-state index contributed by atoms with van der Waals surface area (Å²) in [5, 5.41) is 0.868. The molecule has 3 heterocycles. The van der Waals surface area contributed by atoms with E-state index in [4.69, 9.17) is 0 Å². The number of fused-ring (bicyclic) bond motifs is 1. The molecule has 0 unspecified atom stereocenters. The third-order valence-electron chi connectivity index (χ3n) is 4.30. The maximum Gasteiger partial charge on any atom is 0.274 e. The number of rotatable bonds is 3. The van der Waals surface area contributed by atoms with Crippen LogP contribution in [-0.4, -0.2) is 42.0 Å². The summed E-state index contributed by atoms with van der Waals surface area (Å²) in [6, 6.07) is 14.1. The number of amides is 1. The number of aromatic amines is 1. The van der Waals surface area contributed by atoms with Gasteiger partial charge in [0.2, 0.25) is 5.91 Å². The van der Waals surface area contributed by atoms with Gasteiger partial charge in [0.15, 0.2) is 0 Å². The van der Waals surface area contributed by atoms with Crippen LogP contribution in [0.5, 0.6) is 0 Å². The molecule has 1 N–H and O–H groups in total. The number of hydrogen-bond donors (Lipinski definition) is 0. The van der Waals surface area contributed by atoms with Crippen molar-refractivity contribution in [2.75, 3.05) is 31.1 Å². The van der Waals surface area contributed by atoms with Gasteiger partial charge in [-0.25, -0.2) is 9.97 Å². The van der Waals surface area contributed by atoms with Crippen molar-refractivity contribution in [3.8, 4) is 0 Å². The van der Waals surface area contributed by atoms with Gasteiger partial charge in [0, 0.05) is 12.1 Å². The second kappa shape index (κ2) is 7.03.